The lowest BCUT2D eigenvalue weighted by Gasteiger charge is -2.16. The van der Waals surface area contributed by atoms with E-state index in [0.29, 0.717) is 25.0 Å². The molecule has 34 heavy (non-hydrogen) atoms. The van der Waals surface area contributed by atoms with Gasteiger partial charge >= 0.3 is 18.4 Å². The van der Waals surface area contributed by atoms with Crippen LogP contribution in [0.25, 0.3) is 6.08 Å². The Morgan fingerprint density at radius 3 is 2.26 bits per heavy atom. The van der Waals surface area contributed by atoms with Gasteiger partial charge in [-0.1, -0.05) is 18.2 Å². The number of amides is 2. The van der Waals surface area contributed by atoms with Crippen molar-refractivity contribution < 1.29 is 40.7 Å². The van der Waals surface area contributed by atoms with Crippen LogP contribution in [0.4, 0.5) is 31.1 Å². The van der Waals surface area contributed by atoms with E-state index in [1.54, 1.807) is 18.2 Å². The van der Waals surface area contributed by atoms with E-state index in [4.69, 9.17) is 4.74 Å². The third-order valence-corrected chi connectivity index (χ3v) is 5.23. The Kier molecular flexibility index (Phi) is 7.23. The Hall–Kier alpha value is -3.50. The van der Waals surface area contributed by atoms with E-state index in [1.165, 1.54) is 13.1 Å². The van der Waals surface area contributed by atoms with Gasteiger partial charge in [0, 0.05) is 13.1 Å². The Balaban J connectivity index is 1.66. The second-order valence-electron chi connectivity index (χ2n) is 7.63. The Morgan fingerprint density at radius 1 is 1.03 bits per heavy atom. The highest BCUT2D eigenvalue weighted by Crippen LogP contribution is 2.36. The van der Waals surface area contributed by atoms with Gasteiger partial charge in [0.15, 0.2) is 0 Å². The highest BCUT2D eigenvalue weighted by Gasteiger charge is 2.37. The van der Waals surface area contributed by atoms with Gasteiger partial charge in [0.05, 0.1) is 17.2 Å². The van der Waals surface area contributed by atoms with E-state index in [9.17, 15) is 35.9 Å². The van der Waals surface area contributed by atoms with Crippen LogP contribution in [0.1, 0.15) is 45.8 Å². The number of likely N-dealkylation sites (N-methyl/N-ethyl adjacent to an activating group) is 1. The molecule has 1 atom stereocenters. The number of carbonyl (C=O) groups excluding carboxylic acids is 2. The summed E-state index contributed by atoms with van der Waals surface area (Å²) in [5.41, 5.74) is -0.851. The number of alkyl halides is 6. The van der Waals surface area contributed by atoms with Crippen LogP contribution in [-0.4, -0.2) is 19.0 Å². The zero-order valence-electron chi connectivity index (χ0n) is 17.8. The number of rotatable bonds is 5. The number of benzene rings is 2. The summed E-state index contributed by atoms with van der Waals surface area (Å²) >= 11 is 0. The maximum atomic E-state index is 13.0. The molecule has 11 heteroatoms. The van der Waals surface area contributed by atoms with E-state index in [-0.39, 0.29) is 12.0 Å². The molecule has 2 aromatic carbocycles. The molecule has 2 aromatic rings. The van der Waals surface area contributed by atoms with Crippen LogP contribution in [-0.2, 0) is 34.9 Å². The van der Waals surface area contributed by atoms with E-state index in [2.05, 4.69) is 10.6 Å². The van der Waals surface area contributed by atoms with Crippen LogP contribution < -0.4 is 10.6 Å². The van der Waals surface area contributed by atoms with Gasteiger partial charge in [-0.2, -0.15) is 26.3 Å². The van der Waals surface area contributed by atoms with E-state index in [1.807, 2.05) is 6.07 Å². The van der Waals surface area contributed by atoms with Crippen LogP contribution >= 0.6 is 0 Å². The maximum Gasteiger partial charge on any atom is 0.416 e. The fraction of sp³-hybridized carbons (Fsp3) is 0.304. The number of ether oxygens (including phenoxy) is 1. The summed E-state index contributed by atoms with van der Waals surface area (Å²) in [7, 11) is 1.51. The highest BCUT2D eigenvalue weighted by molar-refractivity contribution is 5.91. The van der Waals surface area contributed by atoms with Crippen molar-refractivity contribution in [1.29, 1.82) is 0 Å². The molecule has 0 aromatic heterocycles. The Morgan fingerprint density at radius 2 is 1.68 bits per heavy atom. The highest BCUT2D eigenvalue weighted by atomic mass is 19.4. The molecule has 0 saturated carbocycles. The average Bonchev–Trinajstić information content (AvgIpc) is 3.16. The monoisotopic (exact) mass is 486 g/mol. The van der Waals surface area contributed by atoms with E-state index >= 15 is 0 Å². The van der Waals surface area contributed by atoms with Gasteiger partial charge in [0.2, 0.25) is 5.91 Å². The predicted molar refractivity (Wildman–Crippen MR) is 110 cm³/mol. The first-order valence-corrected chi connectivity index (χ1v) is 10.1. The van der Waals surface area contributed by atoms with Gasteiger partial charge in [0.1, 0.15) is 6.61 Å². The number of aryl methyl sites for hydroxylation is 1. The zero-order valence-corrected chi connectivity index (χ0v) is 17.8. The number of nitrogens with one attached hydrogen (secondary N) is 2. The van der Waals surface area contributed by atoms with Crippen molar-refractivity contribution in [3.63, 3.8) is 0 Å². The number of fused-ring (bicyclic) bond motifs is 1. The molecule has 0 aliphatic heterocycles. The molecular formula is C23H20F6N2O3. The molecule has 0 bridgehead atoms. The molecule has 1 aliphatic carbocycles. The molecule has 2 N–H and O–H groups in total. The van der Waals surface area contributed by atoms with E-state index in [0.717, 1.165) is 16.7 Å². The lowest BCUT2D eigenvalue weighted by Crippen LogP contribution is -2.27. The second-order valence-corrected chi connectivity index (χ2v) is 7.63. The zero-order chi connectivity index (χ0) is 25.1. The molecule has 0 saturated heterocycles. The van der Waals surface area contributed by atoms with Gasteiger partial charge in [-0.15, -0.1) is 0 Å². The van der Waals surface area contributed by atoms with Crippen molar-refractivity contribution in [2.75, 3.05) is 7.05 Å². The first-order chi connectivity index (χ1) is 15.9. The summed E-state index contributed by atoms with van der Waals surface area (Å²) in [5.74, 6) is -0.258. The van der Waals surface area contributed by atoms with Crippen LogP contribution in [0.5, 0.6) is 0 Å². The van der Waals surface area contributed by atoms with Crippen molar-refractivity contribution in [3.05, 3.63) is 75.9 Å². The summed E-state index contributed by atoms with van der Waals surface area (Å²) in [6, 6.07) is 6.01. The predicted octanol–water partition coefficient (Wildman–Crippen LogP) is 5.40. The van der Waals surface area contributed by atoms with E-state index < -0.39 is 47.8 Å². The topological polar surface area (TPSA) is 67.4 Å². The molecule has 2 amide bonds. The van der Waals surface area contributed by atoms with Crippen LogP contribution in [0.2, 0.25) is 0 Å². The molecular weight excluding hydrogens is 466 g/mol. The fourth-order valence-corrected chi connectivity index (χ4v) is 3.58. The van der Waals surface area contributed by atoms with Crippen molar-refractivity contribution in [1.82, 2.24) is 10.6 Å². The van der Waals surface area contributed by atoms with Gasteiger partial charge < -0.3 is 15.4 Å². The summed E-state index contributed by atoms with van der Waals surface area (Å²) in [6.07, 6.45) is -6.76. The quantitative estimate of drug-likeness (QED) is 0.440. The molecule has 3 rings (SSSR count). The second kappa shape index (κ2) is 9.78. The minimum absolute atomic E-state index is 0.0111. The minimum atomic E-state index is -4.99. The number of hydrogen-bond acceptors (Lipinski definition) is 3. The number of alkyl carbamates (subject to hydrolysis) is 1. The smallest absolute Gasteiger partial charge is 0.416 e. The van der Waals surface area contributed by atoms with Gasteiger partial charge in [0.25, 0.3) is 0 Å². The largest absolute Gasteiger partial charge is 0.445 e. The SMILES string of the molecule is CNC(=O)/C=C/c1ccc2c(c1)CCC2NC(=O)OCc1cc(C(F)(F)F)cc(C(F)(F)F)c1. The molecule has 1 aliphatic rings. The van der Waals surface area contributed by atoms with Crippen molar-refractivity contribution in [2.45, 2.75) is 37.8 Å². The average molecular weight is 486 g/mol. The number of halogens is 6. The van der Waals surface area contributed by atoms with Gasteiger partial charge in [-0.3, -0.25) is 4.79 Å². The molecule has 5 nitrogen and oxygen atoms in total. The molecule has 0 spiro atoms. The molecule has 0 fully saturated rings. The Bertz CT molecular complexity index is 1080. The van der Waals surface area contributed by atoms with Crippen LogP contribution in [0.15, 0.2) is 42.5 Å². The third kappa shape index (κ3) is 6.30. The fourth-order valence-electron chi connectivity index (χ4n) is 3.58. The molecule has 1 unspecified atom stereocenters. The van der Waals surface area contributed by atoms with Crippen LogP contribution in [0.3, 0.4) is 0 Å². The number of carbonyl (C=O) groups is 2. The normalized spacial score (nSPS) is 15.8. The van der Waals surface area contributed by atoms with Crippen molar-refractivity contribution >= 4 is 18.1 Å². The lowest BCUT2D eigenvalue weighted by molar-refractivity contribution is -0.143. The summed E-state index contributed by atoms with van der Waals surface area (Å²) in [6.45, 7) is -0.762. The maximum absolute atomic E-state index is 13.0. The van der Waals surface area contributed by atoms with Crippen molar-refractivity contribution in [2.24, 2.45) is 0 Å². The minimum Gasteiger partial charge on any atom is -0.445 e. The van der Waals surface area contributed by atoms with Gasteiger partial charge in [-0.25, -0.2) is 4.79 Å². The summed E-state index contributed by atoms with van der Waals surface area (Å²) in [4.78, 5) is 23.5. The van der Waals surface area contributed by atoms with Crippen molar-refractivity contribution in [3.8, 4) is 0 Å². The molecule has 182 valence electrons. The third-order valence-electron chi connectivity index (χ3n) is 5.23. The summed E-state index contributed by atoms with van der Waals surface area (Å²) in [5, 5.41) is 5.05. The standard InChI is InChI=1S/C23H20F6N2O3/c1-30-20(32)7-3-13-2-5-18-15(8-13)4-6-19(18)31-21(33)34-12-14-9-16(22(24,25)26)11-17(10-14)23(27,28)29/h2-3,5,7-11,19H,4,6,12H2,1H3,(H,30,32)(H,31,33)/b7-3+. The summed E-state index contributed by atoms with van der Waals surface area (Å²) < 4.78 is 82.7. The first kappa shape index (κ1) is 25.1. The number of hydrogen-bond donors (Lipinski definition) is 2. The van der Waals surface area contributed by atoms with Gasteiger partial charge in [-0.05, 0) is 59.4 Å². The molecule has 0 radical (unpaired) electrons. The lowest BCUT2D eigenvalue weighted by atomic mass is 10.0. The van der Waals surface area contributed by atoms with Crippen LogP contribution in [0, 0.1) is 0 Å². The molecule has 0 heterocycles. The first-order valence-electron chi connectivity index (χ1n) is 10.1. The Labute approximate surface area is 190 Å².